The molecule has 4 aromatic rings. The van der Waals surface area contributed by atoms with Crippen molar-refractivity contribution in [2.75, 3.05) is 24.4 Å². The van der Waals surface area contributed by atoms with Gasteiger partial charge in [0.15, 0.2) is 54.2 Å². The van der Waals surface area contributed by atoms with Crippen molar-refractivity contribution in [1.29, 1.82) is 0 Å². The number of ether oxygens (including phenoxy) is 3. The summed E-state index contributed by atoms with van der Waals surface area (Å²) in [7, 11) is -10.0. The number of rotatable bonds is 2. The van der Waals surface area contributed by atoms with Gasteiger partial charge in [-0.15, -0.1) is 0 Å². The molecule has 45 heavy (non-hydrogen) atoms. The Labute approximate surface area is 249 Å². The minimum Gasteiger partial charge on any atom is -0.397 e. The predicted octanol–water partition coefficient (Wildman–Crippen LogP) is -0.759. The normalized spacial score (nSPS) is 37.7. The fourth-order valence-electron chi connectivity index (χ4n) is 5.29. The molecule has 2 bridgehead atoms. The number of hydrogen-bond donors (Lipinski definition) is 6. The maximum atomic E-state index is 15.7. The van der Waals surface area contributed by atoms with Crippen LogP contribution in [0.1, 0.15) is 12.5 Å². The topological polar surface area (TPSA) is 297 Å². The SMILES string of the molecule is Nc1nc2c(ncn2[C@@H]2O[C@@H]3OCP(=O)(O)OC4[C@@H](COP(=O)(O)O[C@H]2C3F)O[C@@H](n2cnc3c(N)ccnc32)[C@H]4O)c(=O)[nH]1. The maximum Gasteiger partial charge on any atom is 0.472 e. The lowest BCUT2D eigenvalue weighted by Gasteiger charge is -2.25. The van der Waals surface area contributed by atoms with Crippen LogP contribution >= 0.6 is 15.4 Å². The lowest BCUT2D eigenvalue weighted by Crippen LogP contribution is -2.36. The number of H-pyrrole nitrogens is 1. The van der Waals surface area contributed by atoms with Gasteiger partial charge in [-0.05, 0) is 6.07 Å². The molecular formula is C21H24FN9O12P2. The fourth-order valence-corrected chi connectivity index (χ4v) is 7.25. The third kappa shape index (κ3) is 5.32. The van der Waals surface area contributed by atoms with Gasteiger partial charge in [-0.2, -0.15) is 4.98 Å². The summed E-state index contributed by atoms with van der Waals surface area (Å²) in [5, 5.41) is 11.1. The zero-order valence-corrected chi connectivity index (χ0v) is 24.3. The van der Waals surface area contributed by atoms with E-state index in [2.05, 4.69) is 24.9 Å². The second-order valence-electron chi connectivity index (χ2n) is 10.2. The highest BCUT2D eigenvalue weighted by Gasteiger charge is 2.54. The minimum atomic E-state index is -5.20. The van der Waals surface area contributed by atoms with E-state index in [4.69, 9.17) is 39.2 Å². The molecule has 0 spiro atoms. The number of anilines is 2. The third-order valence-electron chi connectivity index (χ3n) is 7.27. The molecule has 0 aromatic carbocycles. The summed E-state index contributed by atoms with van der Waals surface area (Å²) in [4.78, 5) is 52.0. The Bertz CT molecular complexity index is 1940. The quantitative estimate of drug-likeness (QED) is 0.142. The van der Waals surface area contributed by atoms with Gasteiger partial charge in [0.25, 0.3) is 5.56 Å². The number of pyridine rings is 1. The summed E-state index contributed by atoms with van der Waals surface area (Å²) < 4.78 is 76.5. The lowest BCUT2D eigenvalue weighted by atomic mass is 10.1. The molecule has 3 saturated heterocycles. The number of aliphatic hydroxyl groups excluding tert-OH is 1. The first kappa shape index (κ1) is 30.3. The number of nitrogen functional groups attached to an aromatic ring is 2. The molecule has 3 aliphatic heterocycles. The first-order valence-corrected chi connectivity index (χ1v) is 16.3. The van der Waals surface area contributed by atoms with Crippen molar-refractivity contribution in [3.63, 3.8) is 0 Å². The van der Waals surface area contributed by atoms with Gasteiger partial charge in [0, 0.05) is 6.20 Å². The molecule has 0 saturated carbocycles. The zero-order chi connectivity index (χ0) is 31.8. The van der Waals surface area contributed by atoms with Gasteiger partial charge in [0.1, 0.15) is 23.8 Å². The van der Waals surface area contributed by atoms with Crippen LogP contribution in [-0.4, -0.2) is 98.8 Å². The Morgan fingerprint density at radius 3 is 2.51 bits per heavy atom. The second kappa shape index (κ2) is 10.9. The molecule has 4 aromatic heterocycles. The number of hydrogen-bond acceptors (Lipinski definition) is 16. The van der Waals surface area contributed by atoms with E-state index in [1.54, 1.807) is 0 Å². The van der Waals surface area contributed by atoms with Crippen LogP contribution in [0.25, 0.3) is 22.3 Å². The molecule has 7 heterocycles. The number of nitrogens with two attached hydrogens (primary N) is 2. The molecule has 3 aliphatic rings. The summed E-state index contributed by atoms with van der Waals surface area (Å²) >= 11 is 0. The van der Waals surface area contributed by atoms with Crippen LogP contribution in [0.3, 0.4) is 0 Å². The monoisotopic (exact) mass is 675 g/mol. The summed E-state index contributed by atoms with van der Waals surface area (Å²) in [6.07, 6.45) is -11.6. The molecule has 21 nitrogen and oxygen atoms in total. The summed E-state index contributed by atoms with van der Waals surface area (Å²) in [6, 6.07) is 1.50. The number of phosphoric acid groups is 1. The van der Waals surface area contributed by atoms with Crippen molar-refractivity contribution in [3.8, 4) is 0 Å². The van der Waals surface area contributed by atoms with E-state index in [0.29, 0.717) is 0 Å². The first-order chi connectivity index (χ1) is 21.3. The molecule has 0 radical (unpaired) electrons. The number of aromatic amines is 1. The van der Waals surface area contributed by atoms with Gasteiger partial charge >= 0.3 is 15.4 Å². The van der Waals surface area contributed by atoms with Crippen molar-refractivity contribution >= 4 is 49.4 Å². The molecule has 242 valence electrons. The molecule has 7 rings (SSSR count). The fraction of sp³-hybridized carbons (Fsp3) is 0.476. The van der Waals surface area contributed by atoms with Crippen molar-refractivity contribution in [1.82, 2.24) is 34.1 Å². The Hall–Kier alpha value is -3.40. The number of imidazole rings is 2. The molecule has 3 fully saturated rings. The number of fused-ring (bicyclic) bond motifs is 5. The van der Waals surface area contributed by atoms with Crippen molar-refractivity contribution in [3.05, 3.63) is 35.3 Å². The number of aliphatic hydroxyl groups is 1. The van der Waals surface area contributed by atoms with E-state index in [-0.39, 0.29) is 34.0 Å². The second-order valence-corrected chi connectivity index (χ2v) is 13.4. The molecule has 0 aliphatic carbocycles. The van der Waals surface area contributed by atoms with Gasteiger partial charge < -0.3 is 40.6 Å². The average molecular weight is 675 g/mol. The predicted molar refractivity (Wildman–Crippen MR) is 145 cm³/mol. The molecule has 24 heteroatoms. The van der Waals surface area contributed by atoms with E-state index < -0.39 is 83.3 Å². The van der Waals surface area contributed by atoms with E-state index >= 15 is 4.39 Å². The zero-order valence-electron chi connectivity index (χ0n) is 22.5. The summed E-state index contributed by atoms with van der Waals surface area (Å²) in [5.74, 6) is -0.319. The number of phosphoric ester groups is 1. The Morgan fingerprint density at radius 1 is 1.00 bits per heavy atom. The van der Waals surface area contributed by atoms with E-state index in [1.807, 2.05) is 0 Å². The van der Waals surface area contributed by atoms with Crippen molar-refractivity contribution < 1.29 is 56.2 Å². The van der Waals surface area contributed by atoms with Gasteiger partial charge in [0.2, 0.25) is 5.95 Å². The van der Waals surface area contributed by atoms with E-state index in [9.17, 15) is 28.8 Å². The van der Waals surface area contributed by atoms with E-state index in [0.717, 1.165) is 10.9 Å². The number of halogens is 1. The summed E-state index contributed by atoms with van der Waals surface area (Å²) in [5.41, 5.74) is 11.2. The molecule has 8 N–H and O–H groups in total. The maximum absolute atomic E-state index is 15.7. The third-order valence-corrected chi connectivity index (χ3v) is 9.31. The number of aromatic nitrogens is 7. The molecular weight excluding hydrogens is 651 g/mol. The van der Waals surface area contributed by atoms with Gasteiger partial charge in [-0.25, -0.2) is 23.9 Å². The van der Waals surface area contributed by atoms with Gasteiger partial charge in [0.05, 0.1) is 24.9 Å². The minimum absolute atomic E-state index is 0.194. The highest BCUT2D eigenvalue weighted by Crippen LogP contribution is 2.53. The largest absolute Gasteiger partial charge is 0.472 e. The number of nitrogens with one attached hydrogen (secondary N) is 1. The molecule has 0 amide bonds. The van der Waals surface area contributed by atoms with Crippen molar-refractivity contribution in [2.24, 2.45) is 0 Å². The van der Waals surface area contributed by atoms with Crippen LogP contribution in [-0.2, 0) is 36.9 Å². The Kier molecular flexibility index (Phi) is 7.30. The van der Waals surface area contributed by atoms with Crippen LogP contribution in [0.15, 0.2) is 29.7 Å². The highest BCUT2D eigenvalue weighted by molar-refractivity contribution is 7.52. The lowest BCUT2D eigenvalue weighted by molar-refractivity contribution is -0.159. The number of nitrogens with zero attached hydrogens (tertiary/aromatic N) is 6. The van der Waals surface area contributed by atoms with Crippen LogP contribution in [0.5, 0.6) is 0 Å². The van der Waals surface area contributed by atoms with Gasteiger partial charge in [-0.3, -0.25) is 37.0 Å². The standard InChI is InChI=1S/C21H24FN9O12P2/c22-9-14-19(31-5-27-11-16(31)28-21(24)29-17(11)33)41-20(9)38-6-44(34,35)42-13-8(3-39-45(36,37)43-14)40-18(12(13)32)30-4-26-10-7(23)1-2-25-15(10)30/h1-2,4-5,8-9,12-14,18-20,32H,3,6H2,(H2,23,25)(H,34,35)(H,36,37)(H3,24,28,29,33)/t8-,9?,12+,13?,14+,18-,19-,20+/m1/s1. The molecule has 10 atom stereocenters. The van der Waals surface area contributed by atoms with Crippen LogP contribution in [0, 0.1) is 0 Å². The smallest absolute Gasteiger partial charge is 0.397 e. The first-order valence-electron chi connectivity index (χ1n) is 13.0. The summed E-state index contributed by atoms with van der Waals surface area (Å²) in [6.45, 7) is -0.852. The number of alkyl halides is 1. The van der Waals surface area contributed by atoms with Crippen LogP contribution < -0.4 is 17.0 Å². The van der Waals surface area contributed by atoms with E-state index in [1.165, 1.54) is 23.2 Å². The van der Waals surface area contributed by atoms with Gasteiger partial charge in [-0.1, -0.05) is 0 Å². The van der Waals surface area contributed by atoms with Crippen LogP contribution in [0.2, 0.25) is 0 Å². The average Bonchev–Trinajstić information content (AvgIpc) is 3.72. The van der Waals surface area contributed by atoms with Crippen LogP contribution in [0.4, 0.5) is 16.0 Å². The molecule has 4 unspecified atom stereocenters. The Balaban J connectivity index is 1.21. The van der Waals surface area contributed by atoms with Crippen molar-refractivity contribution in [2.45, 2.75) is 49.3 Å². The Morgan fingerprint density at radius 2 is 1.73 bits per heavy atom. The highest BCUT2D eigenvalue weighted by atomic mass is 31.2.